The molecular weight excluding hydrogens is 583 g/mol. The number of anilines is 1. The number of benzene rings is 1. The number of halogens is 3. The van der Waals surface area contributed by atoms with Crippen molar-refractivity contribution in [1.29, 1.82) is 0 Å². The third-order valence-corrected chi connectivity index (χ3v) is 6.99. The Morgan fingerprint density at radius 1 is 1.40 bits per heavy atom. The summed E-state index contributed by atoms with van der Waals surface area (Å²) in [5.74, 6) is 0.0567. The Balaban J connectivity index is 1.64. The topological polar surface area (TPSA) is 111 Å². The van der Waals surface area contributed by atoms with E-state index in [1.54, 1.807) is 37.8 Å². The molecule has 3 aromatic rings. The fourth-order valence-corrected chi connectivity index (χ4v) is 4.62. The molecule has 1 atom stereocenters. The van der Waals surface area contributed by atoms with E-state index < -0.39 is 11.9 Å². The van der Waals surface area contributed by atoms with E-state index in [0.717, 1.165) is 28.7 Å². The van der Waals surface area contributed by atoms with Gasteiger partial charge < -0.3 is 15.0 Å². The molecule has 0 spiro atoms. The highest BCUT2D eigenvalue weighted by molar-refractivity contribution is 9.18. The molecule has 35 heavy (non-hydrogen) atoms. The molecule has 1 saturated carbocycles. The van der Waals surface area contributed by atoms with Gasteiger partial charge in [-0.05, 0) is 82.3 Å². The van der Waals surface area contributed by atoms with Crippen LogP contribution < -0.4 is 16.0 Å². The van der Waals surface area contributed by atoms with Crippen molar-refractivity contribution >= 4 is 42.3 Å². The molecule has 0 saturated heterocycles. The van der Waals surface area contributed by atoms with Gasteiger partial charge in [-0.2, -0.15) is 0 Å². The summed E-state index contributed by atoms with van der Waals surface area (Å²) in [7, 11) is 0. The van der Waals surface area contributed by atoms with Gasteiger partial charge in [-0.1, -0.05) is 0 Å². The lowest BCUT2D eigenvalue weighted by molar-refractivity contribution is 0.224. The van der Waals surface area contributed by atoms with Crippen LogP contribution in [0.5, 0.6) is 5.75 Å². The van der Waals surface area contributed by atoms with Gasteiger partial charge in [0.1, 0.15) is 16.5 Å². The fraction of sp³-hybridized carbons (Fsp3) is 0.292. The maximum Gasteiger partial charge on any atom is 0.192 e. The maximum absolute atomic E-state index is 14.3. The molecule has 4 rings (SSSR count). The lowest BCUT2D eigenvalue weighted by Gasteiger charge is -2.22. The molecule has 0 radical (unpaired) electrons. The SMILES string of the molecule is CC(Oc1cc(Br)cnc1NO)c1cc(F)ccc1-n1cncc1CC(=CN)C(Br)=NC1CCC1. The van der Waals surface area contributed by atoms with Crippen molar-refractivity contribution in [3.05, 3.63) is 76.3 Å². The lowest BCUT2D eigenvalue weighted by atomic mass is 9.94. The number of nitrogens with two attached hydrogens (primary N) is 1. The van der Waals surface area contributed by atoms with Gasteiger partial charge in [0.15, 0.2) is 11.6 Å². The van der Waals surface area contributed by atoms with Gasteiger partial charge in [0.25, 0.3) is 0 Å². The number of hydrogen-bond donors (Lipinski definition) is 3. The average molecular weight is 608 g/mol. The minimum absolute atomic E-state index is 0.148. The van der Waals surface area contributed by atoms with Gasteiger partial charge >= 0.3 is 0 Å². The number of ether oxygens (including phenoxy) is 1. The van der Waals surface area contributed by atoms with Crippen molar-refractivity contribution in [2.45, 2.75) is 44.8 Å². The second kappa shape index (κ2) is 11.3. The Morgan fingerprint density at radius 3 is 2.89 bits per heavy atom. The second-order valence-corrected chi connectivity index (χ2v) is 9.87. The average Bonchev–Trinajstić information content (AvgIpc) is 3.27. The van der Waals surface area contributed by atoms with Gasteiger partial charge in [0.05, 0.1) is 18.1 Å². The van der Waals surface area contributed by atoms with Crippen LogP contribution in [0.4, 0.5) is 10.2 Å². The standard InChI is InChI=1S/C24H25Br2FN6O2/c1-14(35-22-8-16(25)11-30-24(22)32-34)20-9-17(27)5-6-21(20)33-13-29-12-19(33)7-15(10-28)23(26)31-18-3-2-4-18/h5-6,8-14,18,34H,2-4,7,28H2,1H3,(H,30,32). The molecule has 8 nitrogen and oxygen atoms in total. The van der Waals surface area contributed by atoms with Crippen LogP contribution in [0, 0.1) is 5.82 Å². The molecular formula is C24H25Br2FN6O2. The largest absolute Gasteiger partial charge is 0.482 e. The monoisotopic (exact) mass is 606 g/mol. The lowest BCUT2D eigenvalue weighted by Crippen LogP contribution is -2.17. The highest BCUT2D eigenvalue weighted by Gasteiger charge is 2.21. The van der Waals surface area contributed by atoms with Gasteiger partial charge in [-0.15, -0.1) is 0 Å². The van der Waals surface area contributed by atoms with Crippen LogP contribution in [-0.4, -0.2) is 30.4 Å². The van der Waals surface area contributed by atoms with Gasteiger partial charge in [-0.3, -0.25) is 10.2 Å². The number of pyridine rings is 1. The molecule has 11 heteroatoms. The van der Waals surface area contributed by atoms with Crippen LogP contribution in [0.1, 0.15) is 43.5 Å². The Labute approximate surface area is 219 Å². The minimum Gasteiger partial charge on any atom is -0.482 e. The van der Waals surface area contributed by atoms with Gasteiger partial charge in [0, 0.05) is 46.3 Å². The highest BCUT2D eigenvalue weighted by atomic mass is 79.9. The maximum atomic E-state index is 14.3. The first kappa shape index (κ1) is 25.3. The van der Waals surface area contributed by atoms with Crippen molar-refractivity contribution in [2.24, 2.45) is 10.7 Å². The van der Waals surface area contributed by atoms with Crippen LogP contribution in [-0.2, 0) is 6.42 Å². The molecule has 1 aromatic carbocycles. The Hall–Kier alpha value is -2.76. The summed E-state index contributed by atoms with van der Waals surface area (Å²) in [5.41, 5.74) is 10.9. The smallest absolute Gasteiger partial charge is 0.192 e. The van der Waals surface area contributed by atoms with E-state index in [1.807, 2.05) is 10.0 Å². The van der Waals surface area contributed by atoms with Crippen molar-refractivity contribution in [2.75, 3.05) is 5.48 Å². The summed E-state index contributed by atoms with van der Waals surface area (Å²) in [6.07, 6.45) is 9.75. The molecule has 2 aromatic heterocycles. The van der Waals surface area contributed by atoms with Crippen LogP contribution in [0.3, 0.4) is 0 Å². The quantitative estimate of drug-likeness (QED) is 0.208. The zero-order chi connectivity index (χ0) is 24.9. The van der Waals surface area contributed by atoms with E-state index in [0.29, 0.717) is 33.9 Å². The van der Waals surface area contributed by atoms with E-state index >= 15 is 0 Å². The van der Waals surface area contributed by atoms with Crippen LogP contribution in [0.15, 0.2) is 64.2 Å². The first-order valence-corrected chi connectivity index (χ1v) is 12.7. The number of hydrogen-bond acceptors (Lipinski definition) is 7. The predicted octanol–water partition coefficient (Wildman–Crippen LogP) is 5.84. The number of aromatic nitrogens is 3. The molecule has 0 bridgehead atoms. The number of nitrogens with zero attached hydrogens (tertiary/aromatic N) is 4. The molecule has 2 heterocycles. The fourth-order valence-electron chi connectivity index (χ4n) is 3.74. The first-order chi connectivity index (χ1) is 16.9. The zero-order valence-electron chi connectivity index (χ0n) is 19.0. The summed E-state index contributed by atoms with van der Waals surface area (Å²) < 4.78 is 23.7. The van der Waals surface area contributed by atoms with E-state index in [2.05, 4.69) is 41.8 Å². The first-order valence-electron chi connectivity index (χ1n) is 11.1. The zero-order valence-corrected chi connectivity index (χ0v) is 22.1. The highest BCUT2D eigenvalue weighted by Crippen LogP contribution is 2.33. The minimum atomic E-state index is -0.587. The second-order valence-electron chi connectivity index (χ2n) is 8.20. The van der Waals surface area contributed by atoms with Crippen LogP contribution in [0.25, 0.3) is 5.69 Å². The number of nitrogens with one attached hydrogen (secondary N) is 1. The van der Waals surface area contributed by atoms with E-state index in [-0.39, 0.29) is 5.82 Å². The summed E-state index contributed by atoms with van der Waals surface area (Å²) in [4.78, 5) is 13.1. The van der Waals surface area contributed by atoms with Gasteiger partial charge in [0.2, 0.25) is 0 Å². The predicted molar refractivity (Wildman–Crippen MR) is 140 cm³/mol. The van der Waals surface area contributed by atoms with Crippen molar-refractivity contribution in [1.82, 2.24) is 14.5 Å². The summed E-state index contributed by atoms with van der Waals surface area (Å²) >= 11 is 6.93. The van der Waals surface area contributed by atoms with Crippen LogP contribution >= 0.6 is 31.9 Å². The summed E-state index contributed by atoms with van der Waals surface area (Å²) in [5, 5.41) is 9.40. The van der Waals surface area contributed by atoms with Gasteiger partial charge in [-0.25, -0.2) is 19.8 Å². The number of rotatable bonds is 9. The van der Waals surface area contributed by atoms with E-state index in [1.165, 1.54) is 24.8 Å². The molecule has 1 unspecified atom stereocenters. The number of imidazole rings is 1. The molecule has 1 aliphatic carbocycles. The number of aliphatic imine (C=N–C) groups is 1. The molecule has 1 aliphatic rings. The molecule has 0 aliphatic heterocycles. The normalized spacial score (nSPS) is 15.6. The van der Waals surface area contributed by atoms with Crippen molar-refractivity contribution in [3.8, 4) is 11.4 Å². The van der Waals surface area contributed by atoms with Crippen molar-refractivity contribution in [3.63, 3.8) is 0 Å². The molecule has 0 amide bonds. The van der Waals surface area contributed by atoms with Crippen LogP contribution in [0.2, 0.25) is 0 Å². The third kappa shape index (κ3) is 5.91. The molecule has 4 N–H and O–H groups in total. The Bertz CT molecular complexity index is 1260. The van der Waals surface area contributed by atoms with E-state index in [9.17, 15) is 9.60 Å². The Morgan fingerprint density at radius 2 is 2.20 bits per heavy atom. The Kier molecular flexibility index (Phi) is 8.19. The number of allylic oxidation sites excluding steroid dienone is 1. The summed E-state index contributed by atoms with van der Waals surface area (Å²) in [6.45, 7) is 1.80. The van der Waals surface area contributed by atoms with E-state index in [4.69, 9.17) is 15.5 Å². The summed E-state index contributed by atoms with van der Waals surface area (Å²) in [6, 6.07) is 6.50. The third-order valence-electron chi connectivity index (χ3n) is 5.84. The molecule has 184 valence electrons. The van der Waals surface area contributed by atoms with Crippen molar-refractivity contribution < 1.29 is 14.3 Å². The molecule has 1 fully saturated rings.